The van der Waals surface area contributed by atoms with Crippen LogP contribution in [-0.4, -0.2) is 39.3 Å². The number of nitrogens with one attached hydrogen (secondary N) is 1. The van der Waals surface area contributed by atoms with Crippen molar-refractivity contribution in [2.45, 2.75) is 26.8 Å². The number of ether oxygens (including phenoxy) is 1. The Kier molecular flexibility index (Phi) is 6.49. The third-order valence-electron chi connectivity index (χ3n) is 6.12. The van der Waals surface area contributed by atoms with Crippen molar-refractivity contribution >= 4 is 23.2 Å². The number of aryl methyl sites for hydroxylation is 2. The summed E-state index contributed by atoms with van der Waals surface area (Å²) in [5, 5.41) is 15.5. The highest BCUT2D eigenvalue weighted by atomic mass is 16.5. The van der Waals surface area contributed by atoms with Gasteiger partial charge >= 0.3 is 0 Å². The van der Waals surface area contributed by atoms with Crippen molar-refractivity contribution in [3.8, 4) is 5.75 Å². The number of fused-ring (bicyclic) bond motifs is 1. The number of allylic oxidation sites excluding steroid dienone is 1. The van der Waals surface area contributed by atoms with Gasteiger partial charge in [-0.05, 0) is 60.5 Å². The lowest BCUT2D eigenvalue weighted by Crippen LogP contribution is -2.37. The Hall–Kier alpha value is -4.46. The van der Waals surface area contributed by atoms with E-state index in [2.05, 4.69) is 89.3 Å². The Morgan fingerprint density at radius 3 is 2.39 bits per heavy atom. The molecule has 0 saturated heterocycles. The van der Waals surface area contributed by atoms with Crippen molar-refractivity contribution in [2.24, 2.45) is 0 Å². The molecule has 0 aliphatic carbocycles. The predicted octanol–water partition coefficient (Wildman–Crippen LogP) is 4.78. The summed E-state index contributed by atoms with van der Waals surface area (Å²) in [5.74, 6) is 0.931. The standard InChI is InChI=1S/C28H28N6O2/c1-4-36-26-8-6-5-7-23(26)29-27(35)18-33-24(21-13-9-19(2)10-14-21)17-25(34-28(33)30-31-32-34)22-15-11-20(3)12-16-22/h5-17,25H,4,18H2,1-3H3,(H,29,35)/t25-/m0/s1. The molecule has 1 atom stereocenters. The minimum atomic E-state index is -0.205. The number of hydrogen-bond acceptors (Lipinski definition) is 6. The molecule has 0 radical (unpaired) electrons. The zero-order chi connectivity index (χ0) is 25.1. The van der Waals surface area contributed by atoms with E-state index in [9.17, 15) is 4.79 Å². The SMILES string of the molecule is CCOc1ccccc1NC(=O)CN1C(c2ccc(C)cc2)=C[C@@H](c2ccc(C)cc2)n2nnnc21. The van der Waals surface area contributed by atoms with Gasteiger partial charge in [0.25, 0.3) is 5.95 Å². The smallest absolute Gasteiger partial charge is 0.251 e. The van der Waals surface area contributed by atoms with Crippen LogP contribution in [-0.2, 0) is 4.79 Å². The minimum Gasteiger partial charge on any atom is -0.492 e. The Morgan fingerprint density at radius 1 is 0.972 bits per heavy atom. The molecular formula is C28H28N6O2. The summed E-state index contributed by atoms with van der Waals surface area (Å²) in [6.45, 7) is 6.56. The number of benzene rings is 3. The van der Waals surface area contributed by atoms with Crippen molar-refractivity contribution in [3.63, 3.8) is 0 Å². The molecule has 1 aromatic heterocycles. The van der Waals surface area contributed by atoms with Gasteiger partial charge in [0.1, 0.15) is 18.3 Å². The molecule has 1 amide bonds. The maximum absolute atomic E-state index is 13.3. The summed E-state index contributed by atoms with van der Waals surface area (Å²) in [7, 11) is 0. The molecule has 0 spiro atoms. The summed E-state index contributed by atoms with van der Waals surface area (Å²) in [6.07, 6.45) is 2.11. The number of para-hydroxylation sites is 2. The topological polar surface area (TPSA) is 85.2 Å². The van der Waals surface area contributed by atoms with E-state index in [-0.39, 0.29) is 18.5 Å². The van der Waals surface area contributed by atoms with Crippen molar-refractivity contribution in [2.75, 3.05) is 23.4 Å². The number of rotatable bonds is 7. The lowest BCUT2D eigenvalue weighted by molar-refractivity contribution is -0.114. The first-order chi connectivity index (χ1) is 17.5. The Morgan fingerprint density at radius 2 is 1.67 bits per heavy atom. The molecule has 4 aromatic rings. The molecule has 0 saturated carbocycles. The summed E-state index contributed by atoms with van der Waals surface area (Å²) < 4.78 is 7.42. The number of aromatic nitrogens is 4. The molecule has 36 heavy (non-hydrogen) atoms. The maximum Gasteiger partial charge on any atom is 0.251 e. The van der Waals surface area contributed by atoms with Crippen molar-refractivity contribution < 1.29 is 9.53 Å². The van der Waals surface area contributed by atoms with E-state index in [0.717, 1.165) is 22.4 Å². The Bertz CT molecular complexity index is 1390. The van der Waals surface area contributed by atoms with Crippen LogP contribution in [0.15, 0.2) is 78.9 Å². The van der Waals surface area contributed by atoms with Crippen LogP contribution in [0.5, 0.6) is 5.75 Å². The van der Waals surface area contributed by atoms with Crippen LogP contribution in [0.1, 0.15) is 35.2 Å². The molecule has 1 N–H and O–H groups in total. The van der Waals surface area contributed by atoms with Crippen LogP contribution in [0, 0.1) is 13.8 Å². The molecule has 1 aliphatic rings. The third-order valence-corrected chi connectivity index (χ3v) is 6.12. The van der Waals surface area contributed by atoms with Crippen LogP contribution in [0.2, 0.25) is 0 Å². The number of anilines is 2. The van der Waals surface area contributed by atoms with Gasteiger partial charge in [-0.2, -0.15) is 4.68 Å². The molecule has 2 heterocycles. The second-order valence-electron chi connectivity index (χ2n) is 8.76. The summed E-state index contributed by atoms with van der Waals surface area (Å²) >= 11 is 0. The zero-order valence-electron chi connectivity index (χ0n) is 20.5. The van der Waals surface area contributed by atoms with Crippen molar-refractivity contribution in [1.29, 1.82) is 0 Å². The van der Waals surface area contributed by atoms with Gasteiger partial charge in [0.15, 0.2) is 0 Å². The molecule has 182 valence electrons. The molecule has 0 fully saturated rings. The number of hydrogen-bond donors (Lipinski definition) is 1. The van der Waals surface area contributed by atoms with Gasteiger partial charge in [0.2, 0.25) is 5.91 Å². The van der Waals surface area contributed by atoms with Crippen LogP contribution in [0.4, 0.5) is 11.6 Å². The summed E-state index contributed by atoms with van der Waals surface area (Å²) in [6, 6.07) is 23.8. The highest BCUT2D eigenvalue weighted by Crippen LogP contribution is 2.36. The van der Waals surface area contributed by atoms with Crippen LogP contribution in [0.25, 0.3) is 5.70 Å². The summed E-state index contributed by atoms with van der Waals surface area (Å²) in [5.41, 5.74) is 5.88. The van der Waals surface area contributed by atoms with Gasteiger partial charge in [-0.1, -0.05) is 76.9 Å². The molecule has 5 rings (SSSR count). The first-order valence-corrected chi connectivity index (χ1v) is 12.0. The molecule has 1 aliphatic heterocycles. The highest BCUT2D eigenvalue weighted by Gasteiger charge is 2.32. The predicted molar refractivity (Wildman–Crippen MR) is 140 cm³/mol. The second-order valence-corrected chi connectivity index (χ2v) is 8.76. The van der Waals surface area contributed by atoms with Gasteiger partial charge < -0.3 is 10.1 Å². The van der Waals surface area contributed by atoms with E-state index >= 15 is 0 Å². The van der Waals surface area contributed by atoms with E-state index in [1.54, 1.807) is 4.68 Å². The van der Waals surface area contributed by atoms with Gasteiger partial charge in [0, 0.05) is 0 Å². The first-order valence-electron chi connectivity index (χ1n) is 12.0. The number of nitrogens with zero attached hydrogens (tertiary/aromatic N) is 5. The van der Waals surface area contributed by atoms with Crippen molar-refractivity contribution in [3.05, 3.63) is 101 Å². The van der Waals surface area contributed by atoms with Crippen LogP contribution < -0.4 is 15.0 Å². The fourth-order valence-electron chi connectivity index (χ4n) is 4.28. The maximum atomic E-state index is 13.3. The van der Waals surface area contributed by atoms with Gasteiger partial charge in [-0.25, -0.2) is 0 Å². The van der Waals surface area contributed by atoms with E-state index in [0.29, 0.717) is 24.0 Å². The molecule has 3 aromatic carbocycles. The lowest BCUT2D eigenvalue weighted by atomic mass is 9.99. The molecule has 8 heteroatoms. The largest absolute Gasteiger partial charge is 0.492 e. The molecule has 0 bridgehead atoms. The fraction of sp³-hybridized carbons (Fsp3) is 0.214. The van der Waals surface area contributed by atoms with Gasteiger partial charge in [0.05, 0.1) is 18.0 Å². The zero-order valence-corrected chi connectivity index (χ0v) is 20.5. The molecule has 8 nitrogen and oxygen atoms in total. The van der Waals surface area contributed by atoms with Crippen LogP contribution >= 0.6 is 0 Å². The first kappa shape index (κ1) is 23.3. The fourth-order valence-corrected chi connectivity index (χ4v) is 4.28. The number of carbonyl (C=O) groups is 1. The minimum absolute atomic E-state index is 0.0289. The van der Waals surface area contributed by atoms with E-state index in [1.807, 2.05) is 36.1 Å². The highest BCUT2D eigenvalue weighted by molar-refractivity contribution is 5.98. The second kappa shape index (κ2) is 10.0. The lowest BCUT2D eigenvalue weighted by Gasteiger charge is -2.32. The van der Waals surface area contributed by atoms with Crippen LogP contribution in [0.3, 0.4) is 0 Å². The van der Waals surface area contributed by atoms with Gasteiger partial charge in [-0.15, -0.1) is 0 Å². The monoisotopic (exact) mass is 480 g/mol. The number of amides is 1. The third kappa shape index (κ3) is 4.70. The average molecular weight is 481 g/mol. The molecule has 0 unspecified atom stereocenters. The van der Waals surface area contributed by atoms with Gasteiger partial charge in [-0.3, -0.25) is 9.69 Å². The Labute approximate surface area is 210 Å². The number of tetrazole rings is 1. The average Bonchev–Trinajstić information content (AvgIpc) is 3.37. The normalized spacial score (nSPS) is 14.7. The Balaban J connectivity index is 1.52. The summed E-state index contributed by atoms with van der Waals surface area (Å²) in [4.78, 5) is 15.1. The van der Waals surface area contributed by atoms with Crippen molar-refractivity contribution in [1.82, 2.24) is 20.2 Å². The number of carbonyl (C=O) groups excluding carboxylic acids is 1. The molecular weight excluding hydrogens is 452 g/mol. The van der Waals surface area contributed by atoms with E-state index in [4.69, 9.17) is 4.74 Å². The quantitative estimate of drug-likeness (QED) is 0.410. The van der Waals surface area contributed by atoms with E-state index in [1.165, 1.54) is 5.56 Å². The van der Waals surface area contributed by atoms with E-state index < -0.39 is 0 Å².